The Labute approximate surface area is 129 Å². The van der Waals surface area contributed by atoms with Crippen molar-refractivity contribution in [2.24, 2.45) is 0 Å². The summed E-state index contributed by atoms with van der Waals surface area (Å²) >= 11 is 6.03. The summed E-state index contributed by atoms with van der Waals surface area (Å²) in [6, 6.07) is 13.4. The number of pyridine rings is 1. The van der Waals surface area contributed by atoms with Crippen LogP contribution in [-0.2, 0) is 0 Å². The summed E-state index contributed by atoms with van der Waals surface area (Å²) in [6.45, 7) is 2.60. The highest BCUT2D eigenvalue weighted by atomic mass is 35.5. The van der Waals surface area contributed by atoms with Gasteiger partial charge < -0.3 is 10.6 Å². The highest BCUT2D eigenvalue weighted by Gasteiger charge is 2.14. The second-order valence-electron chi connectivity index (χ2n) is 4.80. The number of hydrogen-bond donors (Lipinski definition) is 2. The van der Waals surface area contributed by atoms with Gasteiger partial charge in [-0.1, -0.05) is 48.9 Å². The van der Waals surface area contributed by atoms with Crippen molar-refractivity contribution < 1.29 is 4.79 Å². The zero-order valence-electron chi connectivity index (χ0n) is 12.1. The minimum atomic E-state index is -0.264. The first kappa shape index (κ1) is 15.3. The molecular formula is C16H18ClN3O. The van der Waals surface area contributed by atoms with Crippen LogP contribution in [0.15, 0.2) is 42.5 Å². The van der Waals surface area contributed by atoms with Crippen molar-refractivity contribution in [3.05, 3.63) is 58.7 Å². The lowest BCUT2D eigenvalue weighted by atomic mass is 10.0. The predicted octanol–water partition coefficient (Wildman–Crippen LogP) is 3.31. The fraction of sp³-hybridized carbons (Fsp3) is 0.250. The molecule has 0 aliphatic heterocycles. The minimum absolute atomic E-state index is 0.224. The summed E-state index contributed by atoms with van der Waals surface area (Å²) < 4.78 is 0. The van der Waals surface area contributed by atoms with Crippen LogP contribution < -0.4 is 10.6 Å². The first-order valence-corrected chi connectivity index (χ1v) is 7.17. The lowest BCUT2D eigenvalue weighted by Crippen LogP contribution is -2.28. The van der Waals surface area contributed by atoms with E-state index in [1.165, 1.54) is 5.56 Å². The average Bonchev–Trinajstić information content (AvgIpc) is 2.53. The predicted molar refractivity (Wildman–Crippen MR) is 86.0 cm³/mol. The highest BCUT2D eigenvalue weighted by Crippen LogP contribution is 2.17. The third kappa shape index (κ3) is 3.95. The van der Waals surface area contributed by atoms with E-state index in [9.17, 15) is 4.79 Å². The molecule has 2 rings (SSSR count). The number of nitrogens with zero attached hydrogens (tertiary/aromatic N) is 1. The van der Waals surface area contributed by atoms with Gasteiger partial charge >= 0.3 is 0 Å². The fourth-order valence-electron chi connectivity index (χ4n) is 1.97. The second kappa shape index (κ2) is 7.09. The van der Waals surface area contributed by atoms with Gasteiger partial charge in [0.1, 0.15) is 11.5 Å². The zero-order valence-corrected chi connectivity index (χ0v) is 12.8. The molecule has 1 heterocycles. The van der Waals surface area contributed by atoms with E-state index in [1.807, 2.05) is 30.3 Å². The van der Waals surface area contributed by atoms with E-state index >= 15 is 0 Å². The van der Waals surface area contributed by atoms with E-state index in [-0.39, 0.29) is 17.5 Å². The summed E-state index contributed by atoms with van der Waals surface area (Å²) in [5.74, 6) is 0.571. The van der Waals surface area contributed by atoms with Crippen LogP contribution in [0.4, 0.5) is 5.82 Å². The third-order valence-corrected chi connectivity index (χ3v) is 3.56. The Kier molecular flexibility index (Phi) is 5.17. The standard InChI is InChI=1S/C16H18ClN3O/c1-11(12-6-4-3-5-7-12)10-19-16(21)15-13(17)8-9-14(18-2)20-15/h3-9,11H,10H2,1-2H3,(H,18,20)(H,19,21). The molecular weight excluding hydrogens is 286 g/mol. The number of hydrogen-bond acceptors (Lipinski definition) is 3. The van der Waals surface area contributed by atoms with Crippen LogP contribution in [0.5, 0.6) is 0 Å². The monoisotopic (exact) mass is 303 g/mol. The quantitative estimate of drug-likeness (QED) is 0.891. The Bertz CT molecular complexity index is 616. The Hall–Kier alpha value is -2.07. The van der Waals surface area contributed by atoms with Crippen molar-refractivity contribution in [3.8, 4) is 0 Å². The number of benzene rings is 1. The number of amides is 1. The maximum Gasteiger partial charge on any atom is 0.271 e. The van der Waals surface area contributed by atoms with Crippen LogP contribution in [0.2, 0.25) is 5.02 Å². The van der Waals surface area contributed by atoms with Crippen LogP contribution in [0.1, 0.15) is 28.9 Å². The van der Waals surface area contributed by atoms with Crippen LogP contribution in [-0.4, -0.2) is 24.5 Å². The lowest BCUT2D eigenvalue weighted by molar-refractivity contribution is 0.0947. The van der Waals surface area contributed by atoms with Crippen LogP contribution in [0, 0.1) is 0 Å². The molecule has 0 radical (unpaired) electrons. The second-order valence-corrected chi connectivity index (χ2v) is 5.21. The molecule has 2 aromatic rings. The number of aromatic nitrogens is 1. The summed E-state index contributed by atoms with van der Waals surface area (Å²) in [5, 5.41) is 6.11. The van der Waals surface area contributed by atoms with E-state index in [0.717, 1.165) is 0 Å². The van der Waals surface area contributed by atoms with Crippen molar-refractivity contribution in [2.75, 3.05) is 18.9 Å². The molecule has 5 heteroatoms. The minimum Gasteiger partial charge on any atom is -0.373 e. The van der Waals surface area contributed by atoms with E-state index < -0.39 is 0 Å². The summed E-state index contributed by atoms with van der Waals surface area (Å²) in [5.41, 5.74) is 1.42. The van der Waals surface area contributed by atoms with E-state index in [4.69, 9.17) is 11.6 Å². The van der Waals surface area contributed by atoms with Crippen LogP contribution >= 0.6 is 11.6 Å². The molecule has 4 nitrogen and oxygen atoms in total. The number of nitrogens with one attached hydrogen (secondary N) is 2. The van der Waals surface area contributed by atoms with Crippen molar-refractivity contribution in [1.29, 1.82) is 0 Å². The van der Waals surface area contributed by atoms with Gasteiger partial charge in [-0.15, -0.1) is 0 Å². The van der Waals surface area contributed by atoms with Gasteiger partial charge in [0.05, 0.1) is 5.02 Å². The molecule has 0 saturated carbocycles. The Balaban J connectivity index is 2.02. The highest BCUT2D eigenvalue weighted by molar-refractivity contribution is 6.33. The molecule has 1 amide bonds. The van der Waals surface area contributed by atoms with Crippen molar-refractivity contribution in [2.45, 2.75) is 12.8 Å². The molecule has 110 valence electrons. The molecule has 1 unspecified atom stereocenters. The summed E-state index contributed by atoms with van der Waals surface area (Å²) in [4.78, 5) is 16.4. The molecule has 1 atom stereocenters. The summed E-state index contributed by atoms with van der Waals surface area (Å²) in [6.07, 6.45) is 0. The normalized spacial score (nSPS) is 11.8. The maximum absolute atomic E-state index is 12.2. The molecule has 1 aromatic heterocycles. The van der Waals surface area contributed by atoms with Crippen molar-refractivity contribution in [1.82, 2.24) is 10.3 Å². The molecule has 2 N–H and O–H groups in total. The number of rotatable bonds is 5. The van der Waals surface area contributed by atoms with E-state index in [1.54, 1.807) is 19.2 Å². The maximum atomic E-state index is 12.2. The number of carbonyl (C=O) groups is 1. The van der Waals surface area contributed by atoms with Crippen LogP contribution in [0.25, 0.3) is 0 Å². The van der Waals surface area contributed by atoms with Crippen molar-refractivity contribution >= 4 is 23.3 Å². The van der Waals surface area contributed by atoms with E-state index in [2.05, 4.69) is 22.5 Å². The van der Waals surface area contributed by atoms with Gasteiger partial charge in [-0.3, -0.25) is 4.79 Å². The third-order valence-electron chi connectivity index (χ3n) is 3.25. The summed E-state index contributed by atoms with van der Waals surface area (Å²) in [7, 11) is 1.75. The van der Waals surface area contributed by atoms with Gasteiger partial charge in [0.15, 0.2) is 0 Å². The number of halogens is 1. The Morgan fingerprint density at radius 3 is 2.62 bits per heavy atom. The SMILES string of the molecule is CNc1ccc(Cl)c(C(=O)NCC(C)c2ccccc2)n1. The van der Waals surface area contributed by atoms with Gasteiger partial charge in [0, 0.05) is 13.6 Å². The lowest BCUT2D eigenvalue weighted by Gasteiger charge is -2.13. The van der Waals surface area contributed by atoms with Gasteiger partial charge in [-0.25, -0.2) is 4.98 Å². The molecule has 0 spiro atoms. The topological polar surface area (TPSA) is 54.0 Å². The largest absolute Gasteiger partial charge is 0.373 e. The number of carbonyl (C=O) groups excluding carboxylic acids is 1. The first-order chi connectivity index (χ1) is 10.1. The van der Waals surface area contributed by atoms with Gasteiger partial charge in [0.2, 0.25) is 0 Å². The molecule has 1 aromatic carbocycles. The van der Waals surface area contributed by atoms with Gasteiger partial charge in [-0.05, 0) is 23.6 Å². The zero-order chi connectivity index (χ0) is 15.2. The van der Waals surface area contributed by atoms with Crippen molar-refractivity contribution in [3.63, 3.8) is 0 Å². The fourth-order valence-corrected chi connectivity index (χ4v) is 2.16. The van der Waals surface area contributed by atoms with Gasteiger partial charge in [-0.2, -0.15) is 0 Å². The smallest absolute Gasteiger partial charge is 0.271 e. The van der Waals surface area contributed by atoms with Gasteiger partial charge in [0.25, 0.3) is 5.91 Å². The Morgan fingerprint density at radius 2 is 1.95 bits per heavy atom. The van der Waals surface area contributed by atoms with Crippen LogP contribution in [0.3, 0.4) is 0 Å². The van der Waals surface area contributed by atoms with E-state index in [0.29, 0.717) is 17.4 Å². The first-order valence-electron chi connectivity index (χ1n) is 6.79. The molecule has 0 bridgehead atoms. The molecule has 0 aliphatic rings. The molecule has 0 aliphatic carbocycles. The molecule has 0 saturated heterocycles. The Morgan fingerprint density at radius 1 is 1.24 bits per heavy atom. The average molecular weight is 304 g/mol. The number of anilines is 1. The molecule has 0 fully saturated rings. The molecule has 21 heavy (non-hydrogen) atoms.